The summed E-state index contributed by atoms with van der Waals surface area (Å²) in [6.07, 6.45) is 1.26. The summed E-state index contributed by atoms with van der Waals surface area (Å²) in [7, 11) is 0. The molecule has 4 N–H and O–H groups in total. The van der Waals surface area contributed by atoms with E-state index in [0.717, 1.165) is 31.8 Å². The van der Waals surface area contributed by atoms with Gasteiger partial charge < -0.3 is 16.2 Å². The third-order valence-electron chi connectivity index (χ3n) is 3.84. The zero-order valence-corrected chi connectivity index (χ0v) is 12.0. The largest absolute Gasteiger partial charge is 0.489 e. The third-order valence-corrected chi connectivity index (χ3v) is 3.84. The van der Waals surface area contributed by atoms with Gasteiger partial charge in [0.15, 0.2) is 0 Å². The van der Waals surface area contributed by atoms with Crippen molar-refractivity contribution in [1.82, 2.24) is 4.90 Å². The summed E-state index contributed by atoms with van der Waals surface area (Å²) in [5, 5.41) is 0. The lowest BCUT2D eigenvalue weighted by Gasteiger charge is -2.17. The van der Waals surface area contributed by atoms with Crippen molar-refractivity contribution in [2.45, 2.75) is 19.1 Å². The molecule has 1 atom stereocenters. The molecule has 2 aromatic carbocycles. The molecule has 3 rings (SSSR count). The quantitative estimate of drug-likeness (QED) is 0.846. The molecule has 0 bridgehead atoms. The van der Waals surface area contributed by atoms with Crippen molar-refractivity contribution in [2.24, 2.45) is 0 Å². The maximum absolute atomic E-state index is 6.00. The van der Waals surface area contributed by atoms with Crippen LogP contribution >= 0.6 is 0 Å². The molecule has 0 amide bonds. The Morgan fingerprint density at radius 1 is 1.05 bits per heavy atom. The average Bonchev–Trinajstić information content (AvgIpc) is 2.91. The highest BCUT2D eigenvalue weighted by Gasteiger charge is 2.24. The normalized spacial score (nSPS) is 18.8. The number of likely N-dealkylation sites (tertiary alicyclic amines) is 1. The minimum atomic E-state index is 0.219. The average molecular weight is 283 g/mol. The Kier molecular flexibility index (Phi) is 3.97. The van der Waals surface area contributed by atoms with Gasteiger partial charge in [0.2, 0.25) is 0 Å². The van der Waals surface area contributed by atoms with Crippen molar-refractivity contribution >= 4 is 11.4 Å². The van der Waals surface area contributed by atoms with Gasteiger partial charge in [0.25, 0.3) is 0 Å². The number of nitrogen functional groups attached to an aromatic ring is 2. The van der Waals surface area contributed by atoms with Crippen molar-refractivity contribution in [3.05, 3.63) is 54.1 Å². The van der Waals surface area contributed by atoms with E-state index < -0.39 is 0 Å². The van der Waals surface area contributed by atoms with Gasteiger partial charge >= 0.3 is 0 Å². The molecule has 1 heterocycles. The van der Waals surface area contributed by atoms with Crippen LogP contribution in [0.5, 0.6) is 5.75 Å². The number of hydrogen-bond acceptors (Lipinski definition) is 4. The van der Waals surface area contributed by atoms with Crippen molar-refractivity contribution in [3.63, 3.8) is 0 Å². The maximum atomic E-state index is 6.00. The number of rotatable bonds is 4. The minimum absolute atomic E-state index is 0.219. The van der Waals surface area contributed by atoms with Gasteiger partial charge in [0.05, 0.1) is 11.4 Å². The van der Waals surface area contributed by atoms with Crippen LogP contribution in [-0.4, -0.2) is 24.1 Å². The molecule has 21 heavy (non-hydrogen) atoms. The molecule has 0 aliphatic carbocycles. The number of nitrogens with two attached hydrogens (primary N) is 2. The molecule has 4 heteroatoms. The van der Waals surface area contributed by atoms with Gasteiger partial charge in [-0.25, -0.2) is 0 Å². The van der Waals surface area contributed by atoms with Crippen molar-refractivity contribution < 1.29 is 4.74 Å². The van der Waals surface area contributed by atoms with E-state index in [4.69, 9.17) is 16.2 Å². The molecule has 1 unspecified atom stereocenters. The molecule has 0 radical (unpaired) electrons. The Hall–Kier alpha value is -2.20. The van der Waals surface area contributed by atoms with Gasteiger partial charge in [-0.3, -0.25) is 4.90 Å². The number of nitrogens with zero attached hydrogens (tertiary/aromatic N) is 1. The Bertz CT molecular complexity index is 600. The Balaban J connectivity index is 1.56. The second kappa shape index (κ2) is 6.06. The Labute approximate surface area is 125 Å². The predicted octanol–water partition coefficient (Wildman–Crippen LogP) is 2.50. The molecule has 0 spiro atoms. The van der Waals surface area contributed by atoms with Crippen LogP contribution in [-0.2, 0) is 6.54 Å². The first-order valence-corrected chi connectivity index (χ1v) is 7.28. The molecule has 110 valence electrons. The van der Waals surface area contributed by atoms with E-state index >= 15 is 0 Å². The second-order valence-electron chi connectivity index (χ2n) is 5.54. The topological polar surface area (TPSA) is 64.5 Å². The molecular weight excluding hydrogens is 262 g/mol. The van der Waals surface area contributed by atoms with Crippen LogP contribution in [0.4, 0.5) is 11.4 Å². The van der Waals surface area contributed by atoms with Gasteiger partial charge in [0.1, 0.15) is 11.9 Å². The van der Waals surface area contributed by atoms with Crippen LogP contribution in [0, 0.1) is 0 Å². The van der Waals surface area contributed by atoms with E-state index in [-0.39, 0.29) is 6.10 Å². The first kappa shape index (κ1) is 13.8. The fraction of sp³-hybridized carbons (Fsp3) is 0.294. The monoisotopic (exact) mass is 283 g/mol. The molecule has 1 aliphatic heterocycles. The first-order chi connectivity index (χ1) is 10.2. The molecule has 2 aromatic rings. The van der Waals surface area contributed by atoms with Crippen LogP contribution < -0.4 is 16.2 Å². The van der Waals surface area contributed by atoms with Crippen molar-refractivity contribution in [3.8, 4) is 5.75 Å². The molecule has 0 saturated carbocycles. The van der Waals surface area contributed by atoms with Gasteiger partial charge in [-0.05, 0) is 24.1 Å². The second-order valence-corrected chi connectivity index (χ2v) is 5.54. The van der Waals surface area contributed by atoms with E-state index in [2.05, 4.69) is 29.2 Å². The van der Waals surface area contributed by atoms with Crippen molar-refractivity contribution in [2.75, 3.05) is 24.6 Å². The highest BCUT2D eigenvalue weighted by molar-refractivity contribution is 5.65. The summed E-state index contributed by atoms with van der Waals surface area (Å²) in [5.74, 6) is 0.799. The number of ether oxygens (including phenoxy) is 1. The van der Waals surface area contributed by atoms with E-state index in [1.165, 1.54) is 5.56 Å². The third kappa shape index (κ3) is 3.47. The highest BCUT2D eigenvalue weighted by Crippen LogP contribution is 2.24. The standard InChI is InChI=1S/C17H21N3O/c18-16-7-6-14(10-17(16)19)21-15-8-9-20(12-15)11-13-4-2-1-3-5-13/h1-7,10,15H,8-9,11-12,18-19H2. The van der Waals surface area contributed by atoms with Gasteiger partial charge in [-0.15, -0.1) is 0 Å². The highest BCUT2D eigenvalue weighted by atomic mass is 16.5. The van der Waals surface area contributed by atoms with Crippen LogP contribution in [0.15, 0.2) is 48.5 Å². The summed E-state index contributed by atoms with van der Waals surface area (Å²) in [6, 6.07) is 16.0. The van der Waals surface area contributed by atoms with Gasteiger partial charge in [-0.1, -0.05) is 30.3 Å². The zero-order chi connectivity index (χ0) is 14.7. The summed E-state index contributed by atoms with van der Waals surface area (Å²) in [5.41, 5.74) is 14.0. The number of anilines is 2. The van der Waals surface area contributed by atoms with Gasteiger partial charge in [0, 0.05) is 25.7 Å². The van der Waals surface area contributed by atoms with Crippen LogP contribution in [0.1, 0.15) is 12.0 Å². The van der Waals surface area contributed by atoms with E-state index in [1.54, 1.807) is 12.1 Å². The predicted molar refractivity (Wildman–Crippen MR) is 86.0 cm³/mol. The molecule has 1 aliphatic rings. The molecule has 1 saturated heterocycles. The van der Waals surface area contributed by atoms with Crippen LogP contribution in [0.3, 0.4) is 0 Å². The first-order valence-electron chi connectivity index (χ1n) is 7.28. The fourth-order valence-electron chi connectivity index (χ4n) is 2.70. The maximum Gasteiger partial charge on any atom is 0.121 e. The summed E-state index contributed by atoms with van der Waals surface area (Å²) >= 11 is 0. The SMILES string of the molecule is Nc1ccc(OC2CCN(Cc3ccccc3)C2)cc1N. The summed E-state index contributed by atoms with van der Waals surface area (Å²) in [6.45, 7) is 2.98. The molecule has 1 fully saturated rings. The zero-order valence-electron chi connectivity index (χ0n) is 12.0. The minimum Gasteiger partial charge on any atom is -0.489 e. The van der Waals surface area contributed by atoms with E-state index in [9.17, 15) is 0 Å². The van der Waals surface area contributed by atoms with Gasteiger partial charge in [-0.2, -0.15) is 0 Å². The van der Waals surface area contributed by atoms with E-state index in [0.29, 0.717) is 11.4 Å². The Morgan fingerprint density at radius 3 is 2.62 bits per heavy atom. The lowest BCUT2D eigenvalue weighted by molar-refractivity contribution is 0.198. The smallest absolute Gasteiger partial charge is 0.121 e. The fourth-order valence-corrected chi connectivity index (χ4v) is 2.70. The molecule has 0 aromatic heterocycles. The van der Waals surface area contributed by atoms with Crippen molar-refractivity contribution in [1.29, 1.82) is 0 Å². The molecule has 4 nitrogen and oxygen atoms in total. The lowest BCUT2D eigenvalue weighted by atomic mass is 10.2. The summed E-state index contributed by atoms with van der Waals surface area (Å²) in [4.78, 5) is 2.42. The molecular formula is C17H21N3O. The Morgan fingerprint density at radius 2 is 1.86 bits per heavy atom. The van der Waals surface area contributed by atoms with Crippen LogP contribution in [0.2, 0.25) is 0 Å². The van der Waals surface area contributed by atoms with Crippen LogP contribution in [0.25, 0.3) is 0 Å². The lowest BCUT2D eigenvalue weighted by Crippen LogP contribution is -2.24. The summed E-state index contributed by atoms with van der Waals surface area (Å²) < 4.78 is 6.00. The number of hydrogen-bond donors (Lipinski definition) is 2. The van der Waals surface area contributed by atoms with E-state index in [1.807, 2.05) is 12.1 Å². The number of benzene rings is 2.